The van der Waals surface area contributed by atoms with Gasteiger partial charge in [-0.3, -0.25) is 9.59 Å². The van der Waals surface area contributed by atoms with Crippen LogP contribution in [-0.4, -0.2) is 71.4 Å². The van der Waals surface area contributed by atoms with Crippen molar-refractivity contribution in [3.05, 3.63) is 27.7 Å². The molecule has 1 aliphatic carbocycles. The quantitative estimate of drug-likeness (QED) is 0.729. The first-order valence-corrected chi connectivity index (χ1v) is 8.87. The summed E-state index contributed by atoms with van der Waals surface area (Å²) in [6, 6.07) is 1.77. The summed E-state index contributed by atoms with van der Waals surface area (Å²) < 4.78 is 6.79. The average Bonchev–Trinajstić information content (AvgIpc) is 2.98. The molecule has 7 heteroatoms. The molecule has 0 unspecified atom stereocenters. The molecule has 2 aliphatic heterocycles. The second-order valence-corrected chi connectivity index (χ2v) is 7.05. The molecule has 24 heavy (non-hydrogen) atoms. The number of aromatic nitrogens is 2. The van der Waals surface area contributed by atoms with Crippen molar-refractivity contribution in [1.29, 1.82) is 0 Å². The van der Waals surface area contributed by atoms with Crippen LogP contribution in [0.4, 0.5) is 0 Å². The summed E-state index contributed by atoms with van der Waals surface area (Å²) in [4.78, 5) is 28.0. The van der Waals surface area contributed by atoms with Crippen LogP contribution in [0.1, 0.15) is 17.7 Å². The fourth-order valence-electron chi connectivity index (χ4n) is 3.84. The first-order chi connectivity index (χ1) is 11.7. The molecular weight excluding hydrogens is 308 g/mol. The summed E-state index contributed by atoms with van der Waals surface area (Å²) in [5.41, 5.74) is 2.28. The third-order valence-corrected chi connectivity index (χ3v) is 5.26. The van der Waals surface area contributed by atoms with Crippen molar-refractivity contribution in [2.45, 2.75) is 25.8 Å². The molecule has 3 heterocycles. The Morgan fingerprint density at radius 1 is 1.21 bits per heavy atom. The van der Waals surface area contributed by atoms with Crippen LogP contribution in [0.2, 0.25) is 0 Å². The van der Waals surface area contributed by atoms with E-state index in [1.165, 1.54) is 0 Å². The predicted octanol–water partition coefficient (Wildman–Crippen LogP) is -0.477. The summed E-state index contributed by atoms with van der Waals surface area (Å²) >= 11 is 0. The first kappa shape index (κ1) is 15.8. The third kappa shape index (κ3) is 3.23. The molecule has 0 atom stereocenters. The summed E-state index contributed by atoms with van der Waals surface area (Å²) in [5, 5.41) is 4.55. The zero-order valence-corrected chi connectivity index (χ0v) is 13.9. The lowest BCUT2D eigenvalue weighted by Crippen LogP contribution is -2.53. The molecule has 130 valence electrons. The zero-order valence-electron chi connectivity index (χ0n) is 13.9. The van der Waals surface area contributed by atoms with Gasteiger partial charge in [0.15, 0.2) is 0 Å². The standard InChI is InChI=1S/C17H24N4O3/c22-16-8-14-2-1-3-15(14)18-21(16)11-13-9-19(10-13)4-5-20-6-7-24-12-17(20)23/h8,13H,1-7,9-12H2. The number of carbonyl (C=O) groups excluding carboxylic acids is 1. The van der Waals surface area contributed by atoms with Gasteiger partial charge in [0.05, 0.1) is 18.8 Å². The largest absolute Gasteiger partial charge is 0.370 e. The average molecular weight is 332 g/mol. The molecule has 4 rings (SSSR count). The highest BCUT2D eigenvalue weighted by Crippen LogP contribution is 2.19. The van der Waals surface area contributed by atoms with Crippen LogP contribution in [0.15, 0.2) is 10.9 Å². The second kappa shape index (κ2) is 6.64. The third-order valence-electron chi connectivity index (χ3n) is 5.26. The van der Waals surface area contributed by atoms with Crippen LogP contribution in [0.3, 0.4) is 0 Å². The van der Waals surface area contributed by atoms with Gasteiger partial charge in [0.2, 0.25) is 5.91 Å². The molecule has 0 saturated carbocycles. The molecule has 0 aromatic carbocycles. The number of carbonyl (C=O) groups is 1. The van der Waals surface area contributed by atoms with Gasteiger partial charge < -0.3 is 14.5 Å². The Balaban J connectivity index is 1.25. The predicted molar refractivity (Wildman–Crippen MR) is 87.9 cm³/mol. The van der Waals surface area contributed by atoms with E-state index in [2.05, 4.69) is 10.00 Å². The van der Waals surface area contributed by atoms with Crippen LogP contribution >= 0.6 is 0 Å². The number of nitrogens with zero attached hydrogens (tertiary/aromatic N) is 4. The Morgan fingerprint density at radius 2 is 2.08 bits per heavy atom. The number of aryl methyl sites for hydroxylation is 2. The van der Waals surface area contributed by atoms with Gasteiger partial charge in [0, 0.05) is 44.7 Å². The highest BCUT2D eigenvalue weighted by molar-refractivity contribution is 5.77. The van der Waals surface area contributed by atoms with Crippen LogP contribution in [0.5, 0.6) is 0 Å². The molecule has 0 N–H and O–H groups in total. The molecule has 1 aromatic rings. The van der Waals surface area contributed by atoms with Gasteiger partial charge >= 0.3 is 0 Å². The van der Waals surface area contributed by atoms with Crippen LogP contribution in [0.25, 0.3) is 0 Å². The van der Waals surface area contributed by atoms with E-state index in [0.29, 0.717) is 25.6 Å². The maximum atomic E-state index is 12.1. The number of morpholine rings is 1. The van der Waals surface area contributed by atoms with E-state index in [4.69, 9.17) is 4.74 Å². The Bertz CT molecular complexity index is 681. The summed E-state index contributed by atoms with van der Waals surface area (Å²) in [6.07, 6.45) is 3.11. The Hall–Kier alpha value is -1.73. The van der Waals surface area contributed by atoms with Gasteiger partial charge in [-0.1, -0.05) is 0 Å². The van der Waals surface area contributed by atoms with Crippen molar-refractivity contribution in [1.82, 2.24) is 19.6 Å². The van der Waals surface area contributed by atoms with Crippen molar-refractivity contribution in [2.24, 2.45) is 5.92 Å². The first-order valence-electron chi connectivity index (χ1n) is 8.87. The van der Waals surface area contributed by atoms with Gasteiger partial charge in [-0.15, -0.1) is 0 Å². The SMILES string of the molecule is O=C1COCCN1CCN1CC(Cn2nc3c(cc2=O)CCC3)C1. The van der Waals surface area contributed by atoms with Gasteiger partial charge in [-0.25, -0.2) is 4.68 Å². The maximum Gasteiger partial charge on any atom is 0.267 e. The molecule has 0 bridgehead atoms. The number of likely N-dealkylation sites (tertiary alicyclic amines) is 1. The fraction of sp³-hybridized carbons (Fsp3) is 0.706. The molecule has 7 nitrogen and oxygen atoms in total. The number of rotatable bonds is 5. The van der Waals surface area contributed by atoms with Gasteiger partial charge in [-0.05, 0) is 24.8 Å². The minimum atomic E-state index is 0.0352. The highest BCUT2D eigenvalue weighted by atomic mass is 16.5. The monoisotopic (exact) mass is 332 g/mol. The Labute approximate surface area is 141 Å². The normalized spacial score (nSPS) is 21.8. The second-order valence-electron chi connectivity index (χ2n) is 7.05. The van der Waals surface area contributed by atoms with Crippen molar-refractivity contribution >= 4 is 5.91 Å². The topological polar surface area (TPSA) is 67.7 Å². The van der Waals surface area contributed by atoms with Gasteiger partial charge in [0.1, 0.15) is 6.61 Å². The number of hydrogen-bond acceptors (Lipinski definition) is 5. The Kier molecular flexibility index (Phi) is 4.37. The minimum Gasteiger partial charge on any atom is -0.370 e. The molecule has 0 radical (unpaired) electrons. The van der Waals surface area contributed by atoms with E-state index in [0.717, 1.165) is 56.7 Å². The molecule has 1 amide bonds. The van der Waals surface area contributed by atoms with Gasteiger partial charge in [0.25, 0.3) is 5.56 Å². The molecule has 0 spiro atoms. The van der Waals surface area contributed by atoms with E-state index in [1.54, 1.807) is 10.7 Å². The van der Waals surface area contributed by atoms with E-state index in [-0.39, 0.29) is 18.1 Å². The summed E-state index contributed by atoms with van der Waals surface area (Å²) in [5.74, 6) is 0.572. The van der Waals surface area contributed by atoms with Crippen molar-refractivity contribution in [3.63, 3.8) is 0 Å². The lowest BCUT2D eigenvalue weighted by molar-refractivity contribution is -0.143. The number of amides is 1. The Morgan fingerprint density at radius 3 is 2.92 bits per heavy atom. The highest BCUT2D eigenvalue weighted by Gasteiger charge is 2.29. The van der Waals surface area contributed by atoms with Crippen molar-refractivity contribution < 1.29 is 9.53 Å². The smallest absolute Gasteiger partial charge is 0.267 e. The molecule has 3 aliphatic rings. The van der Waals surface area contributed by atoms with E-state index < -0.39 is 0 Å². The lowest BCUT2D eigenvalue weighted by atomic mass is 10.0. The van der Waals surface area contributed by atoms with Gasteiger partial charge in [-0.2, -0.15) is 5.10 Å². The number of fused-ring (bicyclic) bond motifs is 1. The van der Waals surface area contributed by atoms with Crippen LogP contribution < -0.4 is 5.56 Å². The van der Waals surface area contributed by atoms with Crippen LogP contribution in [-0.2, 0) is 28.9 Å². The maximum absolute atomic E-state index is 12.1. The molecule has 1 aromatic heterocycles. The van der Waals surface area contributed by atoms with Crippen LogP contribution in [0, 0.1) is 5.92 Å². The molecular formula is C17H24N4O3. The minimum absolute atomic E-state index is 0.0352. The fourth-order valence-corrected chi connectivity index (χ4v) is 3.84. The van der Waals surface area contributed by atoms with E-state index >= 15 is 0 Å². The van der Waals surface area contributed by atoms with E-state index in [9.17, 15) is 9.59 Å². The number of ether oxygens (including phenoxy) is 1. The molecule has 2 saturated heterocycles. The lowest BCUT2D eigenvalue weighted by Gasteiger charge is -2.40. The zero-order chi connectivity index (χ0) is 16.5. The summed E-state index contributed by atoms with van der Waals surface area (Å²) in [7, 11) is 0. The summed E-state index contributed by atoms with van der Waals surface area (Å²) in [6.45, 7) is 5.88. The number of hydrogen-bond donors (Lipinski definition) is 0. The van der Waals surface area contributed by atoms with Crippen molar-refractivity contribution in [2.75, 3.05) is 45.9 Å². The molecule has 2 fully saturated rings. The van der Waals surface area contributed by atoms with E-state index in [1.807, 2.05) is 4.90 Å². The van der Waals surface area contributed by atoms with Crippen molar-refractivity contribution in [3.8, 4) is 0 Å².